The predicted molar refractivity (Wildman–Crippen MR) is 46.5 cm³/mol. The van der Waals surface area contributed by atoms with E-state index in [1.807, 2.05) is 37.3 Å². The molecule has 1 aromatic rings. The van der Waals surface area contributed by atoms with Crippen LogP contribution in [0.3, 0.4) is 0 Å². The van der Waals surface area contributed by atoms with Gasteiger partial charge >= 0.3 is 0 Å². The van der Waals surface area contributed by atoms with Crippen LogP contribution in [-0.2, 0) is 0 Å². The van der Waals surface area contributed by atoms with Gasteiger partial charge in [0.2, 0.25) is 0 Å². The zero-order chi connectivity index (χ0) is 8.10. The third-order valence-electron chi connectivity index (χ3n) is 1.28. The molecule has 1 rings (SSSR count). The number of benzene rings is 1. The number of hydrogen-bond acceptors (Lipinski definition) is 1. The Bertz CT molecular complexity index is 191. The van der Waals surface area contributed by atoms with Crippen molar-refractivity contribution in [3.05, 3.63) is 37.3 Å². The van der Waals surface area contributed by atoms with Gasteiger partial charge in [-0.25, -0.2) is 0 Å². The molecule has 0 bridgehead atoms. The zero-order valence-electron chi connectivity index (χ0n) is 6.79. The fraction of sp³-hybridized carbons (Fsp3) is 0.300. The summed E-state index contributed by atoms with van der Waals surface area (Å²) in [6, 6.07) is 9.79. The first-order chi connectivity index (χ1) is 5.29. The second-order valence-corrected chi connectivity index (χ2v) is 2.73. The van der Waals surface area contributed by atoms with Crippen LogP contribution < -0.4 is 4.74 Å². The third-order valence-corrected chi connectivity index (χ3v) is 1.28. The quantitative estimate of drug-likeness (QED) is 0.641. The number of rotatable bonds is 3. The first kappa shape index (κ1) is 8.12. The fourth-order valence-electron chi connectivity index (χ4n) is 0.755. The largest absolute Gasteiger partial charge is 0.493 e. The lowest BCUT2D eigenvalue weighted by Crippen LogP contribution is -2.04. The van der Waals surface area contributed by atoms with Crippen LogP contribution in [-0.4, -0.2) is 6.61 Å². The Labute approximate surface area is 68.0 Å². The van der Waals surface area contributed by atoms with Crippen molar-refractivity contribution < 1.29 is 4.74 Å². The highest BCUT2D eigenvalue weighted by molar-refractivity contribution is 5.20. The Morgan fingerprint density at radius 2 is 2.00 bits per heavy atom. The smallest absolute Gasteiger partial charge is 0.119 e. The molecule has 1 nitrogen and oxygen atoms in total. The van der Waals surface area contributed by atoms with Gasteiger partial charge in [-0.15, -0.1) is 0 Å². The van der Waals surface area contributed by atoms with Crippen LogP contribution in [0.5, 0.6) is 5.75 Å². The van der Waals surface area contributed by atoms with Gasteiger partial charge in [0, 0.05) is 0 Å². The minimum absolute atomic E-state index is 0.343. The predicted octanol–water partition coefficient (Wildman–Crippen LogP) is 2.54. The molecule has 1 unspecified atom stereocenters. The van der Waals surface area contributed by atoms with Crippen LogP contribution in [0.4, 0.5) is 0 Å². The molecule has 0 aromatic heterocycles. The van der Waals surface area contributed by atoms with E-state index in [-0.39, 0.29) is 0 Å². The lowest BCUT2D eigenvalue weighted by Gasteiger charge is -2.07. The van der Waals surface area contributed by atoms with Crippen LogP contribution in [0.2, 0.25) is 0 Å². The summed E-state index contributed by atoms with van der Waals surface area (Å²) >= 11 is 0. The molecule has 0 spiro atoms. The first-order valence-corrected chi connectivity index (χ1v) is 3.80. The Hall–Kier alpha value is -0.980. The lowest BCUT2D eigenvalue weighted by molar-refractivity contribution is 0.284. The summed E-state index contributed by atoms with van der Waals surface area (Å²) in [4.78, 5) is 0. The Balaban J connectivity index is 2.39. The summed E-state index contributed by atoms with van der Waals surface area (Å²) in [7, 11) is 0. The molecule has 0 saturated heterocycles. The van der Waals surface area contributed by atoms with Crippen LogP contribution in [0.1, 0.15) is 6.92 Å². The van der Waals surface area contributed by atoms with Crippen LogP contribution in [0.15, 0.2) is 30.3 Å². The van der Waals surface area contributed by atoms with Gasteiger partial charge in [-0.05, 0) is 25.0 Å². The summed E-state index contributed by atoms with van der Waals surface area (Å²) in [5.74, 6) is 1.26. The van der Waals surface area contributed by atoms with Gasteiger partial charge in [-0.1, -0.05) is 25.1 Å². The maximum Gasteiger partial charge on any atom is 0.119 e. The van der Waals surface area contributed by atoms with Gasteiger partial charge in [0.05, 0.1) is 6.61 Å². The highest BCUT2D eigenvalue weighted by Gasteiger charge is 1.94. The van der Waals surface area contributed by atoms with Crippen molar-refractivity contribution in [1.82, 2.24) is 0 Å². The van der Waals surface area contributed by atoms with Crippen LogP contribution in [0.25, 0.3) is 0 Å². The molecule has 0 aliphatic carbocycles. The number of ether oxygens (including phenoxy) is 1. The zero-order valence-corrected chi connectivity index (χ0v) is 6.79. The Morgan fingerprint density at radius 3 is 2.55 bits per heavy atom. The first-order valence-electron chi connectivity index (χ1n) is 3.80. The monoisotopic (exact) mass is 149 g/mol. The standard InChI is InChI=1S/C10H13O/c1-9(2)8-11-10-6-4-3-5-7-10/h3-7,9H,1,8H2,2H3. The van der Waals surface area contributed by atoms with E-state index >= 15 is 0 Å². The Kier molecular flexibility index (Phi) is 2.96. The van der Waals surface area contributed by atoms with Crippen molar-refractivity contribution in [2.75, 3.05) is 6.61 Å². The highest BCUT2D eigenvalue weighted by atomic mass is 16.5. The van der Waals surface area contributed by atoms with Gasteiger partial charge < -0.3 is 4.74 Å². The van der Waals surface area contributed by atoms with E-state index < -0.39 is 0 Å². The molecular formula is C10H13O. The van der Waals surface area contributed by atoms with Crippen molar-refractivity contribution in [2.24, 2.45) is 5.92 Å². The molecule has 0 saturated carbocycles. The maximum absolute atomic E-state index is 5.40. The number of hydrogen-bond donors (Lipinski definition) is 0. The molecule has 59 valence electrons. The topological polar surface area (TPSA) is 9.23 Å². The van der Waals surface area contributed by atoms with E-state index in [1.165, 1.54) is 0 Å². The molecule has 11 heavy (non-hydrogen) atoms. The molecule has 0 N–H and O–H groups in total. The summed E-state index contributed by atoms with van der Waals surface area (Å²) < 4.78 is 5.40. The molecule has 0 heterocycles. The summed E-state index contributed by atoms with van der Waals surface area (Å²) in [6.07, 6.45) is 0. The van der Waals surface area contributed by atoms with Crippen LogP contribution in [0, 0.1) is 12.8 Å². The molecule has 1 atom stereocenters. The van der Waals surface area contributed by atoms with E-state index in [4.69, 9.17) is 4.74 Å². The maximum atomic E-state index is 5.40. The average Bonchev–Trinajstić information content (AvgIpc) is 2.03. The van der Waals surface area contributed by atoms with Gasteiger partial charge in [0.15, 0.2) is 0 Å². The van der Waals surface area contributed by atoms with Crippen molar-refractivity contribution in [3.63, 3.8) is 0 Å². The minimum atomic E-state index is 0.343. The van der Waals surface area contributed by atoms with Gasteiger partial charge in [-0.2, -0.15) is 0 Å². The lowest BCUT2D eigenvalue weighted by atomic mass is 10.2. The Morgan fingerprint density at radius 1 is 1.36 bits per heavy atom. The van der Waals surface area contributed by atoms with E-state index in [1.54, 1.807) is 0 Å². The highest BCUT2D eigenvalue weighted by Crippen LogP contribution is 2.09. The number of para-hydroxylation sites is 1. The summed E-state index contributed by atoms with van der Waals surface area (Å²) in [5, 5.41) is 0. The van der Waals surface area contributed by atoms with Gasteiger partial charge in [0.1, 0.15) is 5.75 Å². The summed E-state index contributed by atoms with van der Waals surface area (Å²) in [5.41, 5.74) is 0. The van der Waals surface area contributed by atoms with Crippen LogP contribution >= 0.6 is 0 Å². The fourth-order valence-corrected chi connectivity index (χ4v) is 0.755. The third kappa shape index (κ3) is 3.08. The molecule has 1 heteroatoms. The summed E-state index contributed by atoms with van der Waals surface area (Å²) in [6.45, 7) is 6.54. The molecular weight excluding hydrogens is 136 g/mol. The molecule has 1 aromatic carbocycles. The van der Waals surface area contributed by atoms with E-state index in [0.717, 1.165) is 5.75 Å². The van der Waals surface area contributed by atoms with Crippen molar-refractivity contribution >= 4 is 0 Å². The van der Waals surface area contributed by atoms with Crippen molar-refractivity contribution in [3.8, 4) is 5.75 Å². The van der Waals surface area contributed by atoms with Crippen molar-refractivity contribution in [1.29, 1.82) is 0 Å². The minimum Gasteiger partial charge on any atom is -0.493 e. The van der Waals surface area contributed by atoms with Crippen molar-refractivity contribution in [2.45, 2.75) is 6.92 Å². The second kappa shape index (κ2) is 4.02. The van der Waals surface area contributed by atoms with E-state index in [0.29, 0.717) is 12.5 Å². The SMILES string of the molecule is [CH2]C(C)COc1ccccc1. The molecule has 0 aliphatic rings. The molecule has 0 amide bonds. The normalized spacial score (nSPS) is 10.1. The van der Waals surface area contributed by atoms with E-state index in [9.17, 15) is 0 Å². The molecule has 0 fully saturated rings. The average molecular weight is 149 g/mol. The molecule has 1 radical (unpaired) electrons. The molecule has 0 aliphatic heterocycles. The van der Waals surface area contributed by atoms with Gasteiger partial charge in [0.25, 0.3) is 0 Å². The van der Waals surface area contributed by atoms with E-state index in [2.05, 4.69) is 6.92 Å². The second-order valence-electron chi connectivity index (χ2n) is 2.73. The van der Waals surface area contributed by atoms with Gasteiger partial charge in [-0.3, -0.25) is 0 Å².